The van der Waals surface area contributed by atoms with E-state index >= 15 is 0 Å². The number of hydrogen-bond donors (Lipinski definition) is 1. The quantitative estimate of drug-likeness (QED) is 0.863. The van der Waals surface area contributed by atoms with Crippen LogP contribution >= 0.6 is 0 Å². The highest BCUT2D eigenvalue weighted by molar-refractivity contribution is 5.87. The molecule has 1 aliphatic heterocycles. The van der Waals surface area contributed by atoms with Crippen LogP contribution in [-0.2, 0) is 16.1 Å². The Kier molecular flexibility index (Phi) is 4.42. The Balaban J connectivity index is 1.71. The summed E-state index contributed by atoms with van der Waals surface area (Å²) in [7, 11) is 0. The van der Waals surface area contributed by atoms with Crippen LogP contribution in [0.3, 0.4) is 0 Å². The second kappa shape index (κ2) is 6.65. The average Bonchev–Trinajstić information content (AvgIpc) is 2.87. The van der Waals surface area contributed by atoms with Crippen LogP contribution in [0.25, 0.3) is 10.8 Å². The van der Waals surface area contributed by atoms with Gasteiger partial charge in [0, 0.05) is 25.9 Å². The maximum Gasteiger partial charge on any atom is 0.225 e. The molecule has 1 aliphatic rings. The summed E-state index contributed by atoms with van der Waals surface area (Å²) in [5.74, 6) is 0.00616. The van der Waals surface area contributed by atoms with Crippen LogP contribution in [-0.4, -0.2) is 29.3 Å². The van der Waals surface area contributed by atoms with Gasteiger partial charge in [-0.1, -0.05) is 48.5 Å². The van der Waals surface area contributed by atoms with Crippen molar-refractivity contribution in [2.45, 2.75) is 25.4 Å². The van der Waals surface area contributed by atoms with Crippen molar-refractivity contribution < 1.29 is 9.59 Å². The van der Waals surface area contributed by atoms with Gasteiger partial charge in [0.15, 0.2) is 0 Å². The molecule has 4 heteroatoms. The summed E-state index contributed by atoms with van der Waals surface area (Å²) in [6, 6.07) is 14.2. The molecular formula is C19H20N2O2. The van der Waals surface area contributed by atoms with E-state index in [1.807, 2.05) is 23.1 Å². The number of nitrogens with one attached hydrogen (secondary N) is 1. The third-order valence-corrected chi connectivity index (χ3v) is 4.15. The van der Waals surface area contributed by atoms with E-state index in [1.54, 1.807) is 6.08 Å². The van der Waals surface area contributed by atoms with Crippen molar-refractivity contribution in [2.75, 3.05) is 6.54 Å². The van der Waals surface area contributed by atoms with Crippen LogP contribution in [0.15, 0.2) is 55.1 Å². The smallest absolute Gasteiger partial charge is 0.225 e. The summed E-state index contributed by atoms with van der Waals surface area (Å²) in [6.07, 6.45) is 2.22. The van der Waals surface area contributed by atoms with E-state index in [0.717, 1.165) is 5.56 Å². The first-order chi connectivity index (χ1) is 11.2. The standard InChI is InChI=1S/C19H20N2O2/c1-2-6-18(22)20-16-11-19(23)21(13-16)12-15-9-5-8-14-7-3-4-10-17(14)15/h2-5,7-10,16H,1,6,11-13H2,(H,20,22)/t16-/m1/s1. The van der Waals surface area contributed by atoms with Gasteiger partial charge in [-0.05, 0) is 16.3 Å². The van der Waals surface area contributed by atoms with E-state index < -0.39 is 0 Å². The highest BCUT2D eigenvalue weighted by Gasteiger charge is 2.30. The first-order valence-electron chi connectivity index (χ1n) is 7.82. The fourth-order valence-electron chi connectivity index (χ4n) is 3.08. The highest BCUT2D eigenvalue weighted by Crippen LogP contribution is 2.22. The molecule has 2 aromatic rings. The lowest BCUT2D eigenvalue weighted by Crippen LogP contribution is -2.36. The number of carbonyl (C=O) groups excluding carboxylic acids is 2. The normalized spacial score (nSPS) is 17.5. The van der Waals surface area contributed by atoms with Gasteiger partial charge >= 0.3 is 0 Å². The average molecular weight is 308 g/mol. The zero-order valence-corrected chi connectivity index (χ0v) is 13.0. The van der Waals surface area contributed by atoms with Crippen molar-refractivity contribution >= 4 is 22.6 Å². The van der Waals surface area contributed by atoms with Gasteiger partial charge in [0.05, 0.1) is 6.04 Å². The lowest BCUT2D eigenvalue weighted by molar-refractivity contribution is -0.128. The van der Waals surface area contributed by atoms with Crippen LogP contribution < -0.4 is 5.32 Å². The molecule has 0 radical (unpaired) electrons. The molecule has 2 amide bonds. The van der Waals surface area contributed by atoms with Gasteiger partial charge in [-0.3, -0.25) is 9.59 Å². The van der Waals surface area contributed by atoms with E-state index in [4.69, 9.17) is 0 Å². The van der Waals surface area contributed by atoms with Gasteiger partial charge in [0.2, 0.25) is 11.8 Å². The molecule has 0 spiro atoms. The molecule has 0 unspecified atom stereocenters. The minimum Gasteiger partial charge on any atom is -0.351 e. The zero-order valence-electron chi connectivity index (χ0n) is 13.0. The van der Waals surface area contributed by atoms with Crippen molar-refractivity contribution in [3.05, 3.63) is 60.7 Å². The Morgan fingerprint density at radius 2 is 2.04 bits per heavy atom. The third kappa shape index (κ3) is 3.42. The lowest BCUT2D eigenvalue weighted by Gasteiger charge is -2.18. The Morgan fingerprint density at radius 3 is 2.87 bits per heavy atom. The van der Waals surface area contributed by atoms with Crippen LogP contribution in [0.1, 0.15) is 18.4 Å². The second-order valence-electron chi connectivity index (χ2n) is 5.87. The lowest BCUT2D eigenvalue weighted by atomic mass is 10.0. The number of hydrogen-bond acceptors (Lipinski definition) is 2. The molecule has 2 aromatic carbocycles. The van der Waals surface area contributed by atoms with Crippen molar-refractivity contribution in [1.29, 1.82) is 0 Å². The van der Waals surface area contributed by atoms with Gasteiger partial charge in [0.25, 0.3) is 0 Å². The number of likely N-dealkylation sites (tertiary alicyclic amines) is 1. The largest absolute Gasteiger partial charge is 0.351 e. The molecule has 1 N–H and O–H groups in total. The van der Waals surface area contributed by atoms with Gasteiger partial charge < -0.3 is 10.2 Å². The number of benzene rings is 2. The van der Waals surface area contributed by atoms with Gasteiger partial charge in [-0.2, -0.15) is 0 Å². The third-order valence-electron chi connectivity index (χ3n) is 4.15. The van der Waals surface area contributed by atoms with Crippen LogP contribution in [0, 0.1) is 0 Å². The Bertz CT molecular complexity index is 749. The van der Waals surface area contributed by atoms with E-state index in [2.05, 4.69) is 36.2 Å². The summed E-state index contributed by atoms with van der Waals surface area (Å²) in [4.78, 5) is 25.7. The number of nitrogens with zero attached hydrogens (tertiary/aromatic N) is 1. The number of rotatable bonds is 5. The molecule has 1 saturated heterocycles. The fourth-order valence-corrected chi connectivity index (χ4v) is 3.08. The molecule has 1 fully saturated rings. The Morgan fingerprint density at radius 1 is 1.26 bits per heavy atom. The molecule has 0 saturated carbocycles. The van der Waals surface area contributed by atoms with Crippen LogP contribution in [0.4, 0.5) is 0 Å². The molecule has 118 valence electrons. The van der Waals surface area contributed by atoms with E-state index in [9.17, 15) is 9.59 Å². The Hall–Kier alpha value is -2.62. The summed E-state index contributed by atoms with van der Waals surface area (Å²) in [5.41, 5.74) is 1.13. The zero-order chi connectivity index (χ0) is 16.2. The molecule has 4 nitrogen and oxygen atoms in total. The molecule has 1 atom stereocenters. The molecule has 3 rings (SSSR count). The van der Waals surface area contributed by atoms with Gasteiger partial charge in [-0.25, -0.2) is 0 Å². The number of fused-ring (bicyclic) bond motifs is 1. The predicted octanol–water partition coefficient (Wildman–Crippen LogP) is 2.63. The van der Waals surface area contributed by atoms with Crippen molar-refractivity contribution in [1.82, 2.24) is 10.2 Å². The van der Waals surface area contributed by atoms with E-state index in [1.165, 1.54) is 10.8 Å². The minimum atomic E-state index is -0.107. The van der Waals surface area contributed by atoms with Crippen LogP contribution in [0.5, 0.6) is 0 Å². The first-order valence-corrected chi connectivity index (χ1v) is 7.82. The molecule has 1 heterocycles. The van der Waals surface area contributed by atoms with E-state index in [-0.39, 0.29) is 24.3 Å². The maximum atomic E-state index is 12.2. The topological polar surface area (TPSA) is 49.4 Å². The summed E-state index contributed by atoms with van der Waals surface area (Å²) in [6.45, 7) is 4.69. The second-order valence-corrected chi connectivity index (χ2v) is 5.87. The predicted molar refractivity (Wildman–Crippen MR) is 90.7 cm³/mol. The minimum absolute atomic E-state index is 0.0789. The van der Waals surface area contributed by atoms with Crippen molar-refractivity contribution in [2.24, 2.45) is 0 Å². The fraction of sp³-hybridized carbons (Fsp3) is 0.263. The summed E-state index contributed by atoms with van der Waals surface area (Å²) >= 11 is 0. The van der Waals surface area contributed by atoms with E-state index in [0.29, 0.717) is 19.5 Å². The monoisotopic (exact) mass is 308 g/mol. The summed E-state index contributed by atoms with van der Waals surface area (Å²) < 4.78 is 0. The maximum absolute atomic E-state index is 12.2. The molecular weight excluding hydrogens is 288 g/mol. The Labute approximate surface area is 135 Å². The van der Waals surface area contributed by atoms with Crippen molar-refractivity contribution in [3.8, 4) is 0 Å². The van der Waals surface area contributed by atoms with Gasteiger partial charge in [-0.15, -0.1) is 6.58 Å². The molecule has 0 aromatic heterocycles. The summed E-state index contributed by atoms with van der Waals surface area (Å²) in [5, 5.41) is 5.23. The van der Waals surface area contributed by atoms with Gasteiger partial charge in [0.1, 0.15) is 0 Å². The van der Waals surface area contributed by atoms with Crippen molar-refractivity contribution in [3.63, 3.8) is 0 Å². The molecule has 23 heavy (non-hydrogen) atoms. The SMILES string of the molecule is C=CCC(=O)N[C@@H]1CC(=O)N(Cc2cccc3ccccc23)C1. The number of amides is 2. The molecule has 0 aliphatic carbocycles. The molecule has 0 bridgehead atoms. The number of carbonyl (C=O) groups is 2. The first kappa shape index (κ1) is 15.3. The highest BCUT2D eigenvalue weighted by atomic mass is 16.2. The van der Waals surface area contributed by atoms with Crippen LogP contribution in [0.2, 0.25) is 0 Å².